The van der Waals surface area contributed by atoms with Crippen molar-refractivity contribution in [3.63, 3.8) is 0 Å². The molecule has 0 aliphatic heterocycles. The number of ether oxygens (including phenoxy) is 1. The van der Waals surface area contributed by atoms with Crippen molar-refractivity contribution >= 4 is 18.3 Å². The first-order chi connectivity index (χ1) is 9.64. The maximum absolute atomic E-state index is 12.2. The van der Waals surface area contributed by atoms with Crippen molar-refractivity contribution in [2.24, 2.45) is 5.73 Å². The predicted molar refractivity (Wildman–Crippen MR) is 86.7 cm³/mol. The lowest BCUT2D eigenvalue weighted by molar-refractivity contribution is -0.127. The summed E-state index contributed by atoms with van der Waals surface area (Å²) < 4.78 is 5.45. The molecule has 1 aromatic carbocycles. The minimum Gasteiger partial charge on any atom is -0.494 e. The topological polar surface area (TPSA) is 64.3 Å². The van der Waals surface area contributed by atoms with Gasteiger partial charge in [0.25, 0.3) is 0 Å². The monoisotopic (exact) mass is 312 g/mol. The zero-order valence-electron chi connectivity index (χ0n) is 12.6. The van der Waals surface area contributed by atoms with E-state index in [0.717, 1.165) is 37.0 Å². The van der Waals surface area contributed by atoms with E-state index in [2.05, 4.69) is 5.32 Å². The molecule has 0 saturated heterocycles. The highest BCUT2D eigenvalue weighted by atomic mass is 35.5. The average molecular weight is 313 g/mol. The van der Waals surface area contributed by atoms with Gasteiger partial charge in [-0.1, -0.05) is 31.4 Å². The van der Waals surface area contributed by atoms with E-state index in [1.54, 1.807) is 0 Å². The van der Waals surface area contributed by atoms with E-state index in [-0.39, 0.29) is 18.3 Å². The fourth-order valence-electron chi connectivity index (χ4n) is 2.68. The number of amides is 1. The van der Waals surface area contributed by atoms with Crippen LogP contribution >= 0.6 is 12.4 Å². The van der Waals surface area contributed by atoms with Crippen LogP contribution in [-0.2, 0) is 11.3 Å². The lowest BCUT2D eigenvalue weighted by Gasteiger charge is -2.31. The highest BCUT2D eigenvalue weighted by Crippen LogP contribution is 2.26. The van der Waals surface area contributed by atoms with E-state index in [4.69, 9.17) is 10.5 Å². The summed E-state index contributed by atoms with van der Waals surface area (Å²) >= 11 is 0. The molecule has 21 heavy (non-hydrogen) atoms. The molecule has 0 unspecified atom stereocenters. The van der Waals surface area contributed by atoms with Gasteiger partial charge in [0, 0.05) is 6.54 Å². The van der Waals surface area contributed by atoms with Gasteiger partial charge in [-0.25, -0.2) is 0 Å². The summed E-state index contributed by atoms with van der Waals surface area (Å²) in [7, 11) is 0. The Bertz CT molecular complexity index is 459. The number of benzene rings is 1. The van der Waals surface area contributed by atoms with Crippen LogP contribution in [0.4, 0.5) is 0 Å². The molecule has 118 valence electrons. The van der Waals surface area contributed by atoms with Gasteiger partial charge in [0.1, 0.15) is 5.75 Å². The third-order valence-corrected chi connectivity index (χ3v) is 3.86. The third-order valence-electron chi connectivity index (χ3n) is 3.86. The summed E-state index contributed by atoms with van der Waals surface area (Å²) in [6.07, 6.45) is 4.85. The molecule has 2 rings (SSSR count). The summed E-state index contributed by atoms with van der Waals surface area (Å²) in [6.45, 7) is 3.09. The maximum Gasteiger partial charge on any atom is 0.240 e. The Morgan fingerprint density at radius 3 is 2.71 bits per heavy atom. The van der Waals surface area contributed by atoms with Crippen LogP contribution in [0.25, 0.3) is 0 Å². The van der Waals surface area contributed by atoms with Gasteiger partial charge in [0.05, 0.1) is 12.1 Å². The fourth-order valence-corrected chi connectivity index (χ4v) is 2.68. The van der Waals surface area contributed by atoms with E-state index in [1.165, 1.54) is 6.42 Å². The second-order valence-electron chi connectivity index (χ2n) is 5.48. The number of hydrogen-bond acceptors (Lipinski definition) is 3. The van der Waals surface area contributed by atoms with Crippen LogP contribution in [0, 0.1) is 0 Å². The molecule has 1 aliphatic rings. The molecule has 1 aliphatic carbocycles. The van der Waals surface area contributed by atoms with Crippen molar-refractivity contribution in [3.05, 3.63) is 29.8 Å². The van der Waals surface area contributed by atoms with Crippen LogP contribution in [-0.4, -0.2) is 18.1 Å². The van der Waals surface area contributed by atoms with Gasteiger partial charge in [-0.2, -0.15) is 0 Å². The maximum atomic E-state index is 12.2. The zero-order chi connectivity index (χ0) is 14.4. The van der Waals surface area contributed by atoms with Crippen molar-refractivity contribution in [1.82, 2.24) is 5.32 Å². The molecule has 1 amide bonds. The summed E-state index contributed by atoms with van der Waals surface area (Å²) in [4.78, 5) is 12.2. The highest BCUT2D eigenvalue weighted by molar-refractivity contribution is 5.86. The normalized spacial score (nSPS) is 16.7. The molecule has 3 N–H and O–H groups in total. The highest BCUT2D eigenvalue weighted by Gasteiger charge is 2.34. The Hall–Kier alpha value is -1.26. The van der Waals surface area contributed by atoms with E-state index < -0.39 is 5.54 Å². The van der Waals surface area contributed by atoms with Crippen LogP contribution in [0.3, 0.4) is 0 Å². The molecule has 0 atom stereocenters. The molecule has 4 nitrogen and oxygen atoms in total. The molecular weight excluding hydrogens is 288 g/mol. The fraction of sp³-hybridized carbons (Fsp3) is 0.562. The van der Waals surface area contributed by atoms with Gasteiger partial charge < -0.3 is 15.8 Å². The first kappa shape index (κ1) is 17.8. The van der Waals surface area contributed by atoms with Crippen molar-refractivity contribution in [2.45, 2.75) is 51.1 Å². The Balaban J connectivity index is 0.00000220. The Kier molecular flexibility index (Phi) is 6.99. The molecule has 0 heterocycles. The van der Waals surface area contributed by atoms with Gasteiger partial charge >= 0.3 is 0 Å². The van der Waals surface area contributed by atoms with Crippen LogP contribution in [0.2, 0.25) is 0 Å². The summed E-state index contributed by atoms with van der Waals surface area (Å²) in [6, 6.07) is 7.78. The minimum atomic E-state index is -0.671. The van der Waals surface area contributed by atoms with Gasteiger partial charge in [0.15, 0.2) is 0 Å². The van der Waals surface area contributed by atoms with Crippen molar-refractivity contribution < 1.29 is 9.53 Å². The quantitative estimate of drug-likeness (QED) is 0.878. The number of nitrogens with two attached hydrogens (primary N) is 1. The Morgan fingerprint density at radius 1 is 1.33 bits per heavy atom. The summed E-state index contributed by atoms with van der Waals surface area (Å²) in [5.41, 5.74) is 6.57. The first-order valence-electron chi connectivity index (χ1n) is 7.43. The third kappa shape index (κ3) is 4.90. The SMILES string of the molecule is CCOc1cccc(CNC(=O)C2(N)CCCCC2)c1.Cl. The first-order valence-corrected chi connectivity index (χ1v) is 7.43. The second-order valence-corrected chi connectivity index (χ2v) is 5.48. The van der Waals surface area contributed by atoms with Gasteiger partial charge in [-0.15, -0.1) is 12.4 Å². The predicted octanol–water partition coefficient (Wildman–Crippen LogP) is 2.78. The van der Waals surface area contributed by atoms with E-state index in [0.29, 0.717) is 13.2 Å². The number of rotatable bonds is 5. The van der Waals surface area contributed by atoms with Crippen LogP contribution < -0.4 is 15.8 Å². The Morgan fingerprint density at radius 2 is 2.05 bits per heavy atom. The zero-order valence-corrected chi connectivity index (χ0v) is 13.4. The lowest BCUT2D eigenvalue weighted by atomic mass is 9.82. The van der Waals surface area contributed by atoms with Gasteiger partial charge in [0.2, 0.25) is 5.91 Å². The lowest BCUT2D eigenvalue weighted by Crippen LogP contribution is -2.54. The molecule has 0 aromatic heterocycles. The Labute approximate surface area is 132 Å². The standard InChI is InChI=1S/C16H24N2O2.ClH/c1-2-20-14-8-6-7-13(11-14)12-18-15(19)16(17)9-4-3-5-10-16;/h6-8,11H,2-5,9-10,12,17H2,1H3,(H,18,19);1H. The van der Waals surface area contributed by atoms with Crippen molar-refractivity contribution in [1.29, 1.82) is 0 Å². The number of carbonyl (C=O) groups excluding carboxylic acids is 1. The minimum absolute atomic E-state index is 0. The van der Waals surface area contributed by atoms with Gasteiger partial charge in [-0.05, 0) is 37.5 Å². The summed E-state index contributed by atoms with van der Waals surface area (Å²) in [5, 5.41) is 2.96. The smallest absolute Gasteiger partial charge is 0.240 e. The van der Waals surface area contributed by atoms with Crippen LogP contribution in [0.15, 0.2) is 24.3 Å². The molecule has 0 bridgehead atoms. The largest absolute Gasteiger partial charge is 0.494 e. The van der Waals surface area contributed by atoms with Crippen molar-refractivity contribution in [3.8, 4) is 5.75 Å². The van der Waals surface area contributed by atoms with Crippen LogP contribution in [0.5, 0.6) is 5.75 Å². The molecule has 0 radical (unpaired) electrons. The van der Waals surface area contributed by atoms with E-state index in [9.17, 15) is 4.79 Å². The molecule has 5 heteroatoms. The molecule has 1 fully saturated rings. The van der Waals surface area contributed by atoms with Gasteiger partial charge in [-0.3, -0.25) is 4.79 Å². The number of halogens is 1. The summed E-state index contributed by atoms with van der Waals surface area (Å²) in [5.74, 6) is 0.804. The van der Waals surface area contributed by atoms with E-state index in [1.807, 2.05) is 31.2 Å². The number of carbonyl (C=O) groups is 1. The van der Waals surface area contributed by atoms with Crippen molar-refractivity contribution in [2.75, 3.05) is 6.61 Å². The molecule has 0 spiro atoms. The molecule has 1 saturated carbocycles. The van der Waals surface area contributed by atoms with Crippen LogP contribution in [0.1, 0.15) is 44.6 Å². The second kappa shape index (κ2) is 8.25. The van der Waals surface area contributed by atoms with E-state index >= 15 is 0 Å². The number of nitrogens with one attached hydrogen (secondary N) is 1. The molecule has 1 aromatic rings. The number of hydrogen-bond donors (Lipinski definition) is 2. The average Bonchev–Trinajstić information content (AvgIpc) is 2.46. The molecular formula is C16H25ClN2O2.